The molecule has 5 aromatic carbocycles. The van der Waals surface area contributed by atoms with Crippen LogP contribution >= 0.6 is 0 Å². The van der Waals surface area contributed by atoms with Crippen molar-refractivity contribution in [2.24, 2.45) is 0 Å². The van der Waals surface area contributed by atoms with Gasteiger partial charge >= 0.3 is 0 Å². The highest BCUT2D eigenvalue weighted by atomic mass is 14.9. The van der Waals surface area contributed by atoms with Crippen molar-refractivity contribution < 1.29 is 0 Å². The van der Waals surface area contributed by atoms with Crippen molar-refractivity contribution in [3.8, 4) is 11.1 Å². The number of fused-ring (bicyclic) bond motifs is 2. The Bertz CT molecular complexity index is 1600. The van der Waals surface area contributed by atoms with Gasteiger partial charge in [0.25, 0.3) is 0 Å². The second-order valence-corrected chi connectivity index (χ2v) is 9.56. The van der Waals surface area contributed by atoms with E-state index in [1.54, 1.807) is 0 Å². The lowest BCUT2D eigenvalue weighted by molar-refractivity contribution is 0.740. The second-order valence-electron chi connectivity index (χ2n) is 9.56. The quantitative estimate of drug-likeness (QED) is 0.231. The van der Waals surface area contributed by atoms with Crippen LogP contribution in [0.15, 0.2) is 159 Å². The number of allylic oxidation sites excluding steroid dienone is 4. The molecule has 0 aromatic heterocycles. The van der Waals surface area contributed by atoms with Crippen molar-refractivity contribution in [1.29, 1.82) is 0 Å². The summed E-state index contributed by atoms with van der Waals surface area (Å²) < 4.78 is 0. The lowest BCUT2D eigenvalue weighted by atomic mass is 9.62. The van der Waals surface area contributed by atoms with Gasteiger partial charge in [-0.15, -0.1) is 0 Å². The first-order chi connectivity index (χ1) is 18.8. The summed E-state index contributed by atoms with van der Waals surface area (Å²) in [6, 6.07) is 45.8. The lowest BCUT2D eigenvalue weighted by Gasteiger charge is -2.43. The van der Waals surface area contributed by atoms with Crippen LogP contribution in [-0.4, -0.2) is 0 Å². The molecule has 0 aliphatic carbocycles. The Morgan fingerprint density at radius 3 is 1.71 bits per heavy atom. The van der Waals surface area contributed by atoms with Gasteiger partial charge < -0.3 is 5.32 Å². The van der Waals surface area contributed by atoms with Crippen molar-refractivity contribution in [2.45, 2.75) is 5.41 Å². The van der Waals surface area contributed by atoms with Gasteiger partial charge in [0.15, 0.2) is 0 Å². The fourth-order valence-corrected chi connectivity index (χ4v) is 5.78. The first-order valence-electron chi connectivity index (χ1n) is 12.9. The summed E-state index contributed by atoms with van der Waals surface area (Å²) in [5, 5.41) is 3.76. The molecule has 6 rings (SSSR count). The smallest absolute Gasteiger partial charge is 0.0742 e. The first-order valence-corrected chi connectivity index (χ1v) is 12.9. The molecule has 0 radical (unpaired) electrons. The van der Waals surface area contributed by atoms with Gasteiger partial charge in [-0.25, -0.2) is 0 Å². The van der Waals surface area contributed by atoms with Crippen LogP contribution < -0.4 is 5.32 Å². The predicted octanol–water partition coefficient (Wildman–Crippen LogP) is 9.55. The van der Waals surface area contributed by atoms with E-state index in [0.717, 1.165) is 22.5 Å². The monoisotopic (exact) mass is 487 g/mol. The van der Waals surface area contributed by atoms with E-state index >= 15 is 0 Å². The zero-order valence-electron chi connectivity index (χ0n) is 21.3. The average Bonchev–Trinajstić information content (AvgIpc) is 2.99. The fraction of sp³-hybridized carbons (Fsp3) is 0.0270. The maximum Gasteiger partial charge on any atom is 0.0742 e. The molecule has 1 aliphatic heterocycles. The summed E-state index contributed by atoms with van der Waals surface area (Å²) in [5.41, 5.74) is 11.1. The highest BCUT2D eigenvalue weighted by Crippen LogP contribution is 2.54. The highest BCUT2D eigenvalue weighted by molar-refractivity contribution is 5.86. The number of anilines is 2. The molecule has 1 heteroatoms. The minimum Gasteiger partial charge on any atom is -0.355 e. The summed E-state index contributed by atoms with van der Waals surface area (Å²) in [5.74, 6) is 0. The normalized spacial score (nSPS) is 13.5. The van der Waals surface area contributed by atoms with E-state index in [1.807, 2.05) is 18.2 Å². The number of benzene rings is 5. The minimum atomic E-state index is -0.528. The molecule has 5 aromatic rings. The molecule has 0 spiro atoms. The number of rotatable bonds is 6. The molecule has 1 nitrogen and oxygen atoms in total. The van der Waals surface area contributed by atoms with E-state index in [4.69, 9.17) is 0 Å². The molecule has 182 valence electrons. The highest BCUT2D eigenvalue weighted by Gasteiger charge is 2.44. The third-order valence-corrected chi connectivity index (χ3v) is 7.49. The van der Waals surface area contributed by atoms with Crippen LogP contribution in [0.25, 0.3) is 16.7 Å². The number of hydrogen-bond donors (Lipinski definition) is 1. The minimum absolute atomic E-state index is 0.528. The molecule has 38 heavy (non-hydrogen) atoms. The van der Waals surface area contributed by atoms with E-state index in [0.29, 0.717) is 0 Å². The van der Waals surface area contributed by atoms with Gasteiger partial charge in [-0.3, -0.25) is 0 Å². The summed E-state index contributed by atoms with van der Waals surface area (Å²) in [4.78, 5) is 0. The Morgan fingerprint density at radius 1 is 0.579 bits per heavy atom. The summed E-state index contributed by atoms with van der Waals surface area (Å²) in [7, 11) is 0. The molecule has 1 N–H and O–H groups in total. The maximum absolute atomic E-state index is 4.07. The van der Waals surface area contributed by atoms with Crippen LogP contribution in [0.1, 0.15) is 27.8 Å². The van der Waals surface area contributed by atoms with Crippen LogP contribution in [0.5, 0.6) is 0 Å². The van der Waals surface area contributed by atoms with Crippen LogP contribution in [-0.2, 0) is 5.41 Å². The number of hydrogen-bond acceptors (Lipinski definition) is 1. The van der Waals surface area contributed by atoms with Crippen molar-refractivity contribution in [3.63, 3.8) is 0 Å². The number of nitrogens with one attached hydrogen (secondary N) is 1. The first kappa shape index (κ1) is 23.5. The van der Waals surface area contributed by atoms with Gasteiger partial charge in [0, 0.05) is 11.4 Å². The van der Waals surface area contributed by atoms with Crippen molar-refractivity contribution in [1.82, 2.24) is 0 Å². The Balaban J connectivity index is 1.74. The second kappa shape index (κ2) is 9.88. The summed E-state index contributed by atoms with van der Waals surface area (Å²) in [6.07, 6.45) is 5.73. The molecule has 0 saturated carbocycles. The molecule has 0 atom stereocenters. The van der Waals surface area contributed by atoms with Gasteiger partial charge in [0.2, 0.25) is 0 Å². The molecule has 0 saturated heterocycles. The molecule has 1 aliphatic rings. The van der Waals surface area contributed by atoms with E-state index in [2.05, 4.69) is 146 Å². The van der Waals surface area contributed by atoms with Crippen LogP contribution in [0.3, 0.4) is 0 Å². The van der Waals surface area contributed by atoms with Gasteiger partial charge in [0.1, 0.15) is 0 Å². The van der Waals surface area contributed by atoms with Crippen molar-refractivity contribution >= 4 is 16.9 Å². The summed E-state index contributed by atoms with van der Waals surface area (Å²) >= 11 is 0. The summed E-state index contributed by atoms with van der Waals surface area (Å²) in [6.45, 7) is 7.99. The zero-order valence-corrected chi connectivity index (χ0v) is 21.3. The van der Waals surface area contributed by atoms with E-state index in [9.17, 15) is 0 Å². The van der Waals surface area contributed by atoms with Crippen LogP contribution in [0.2, 0.25) is 0 Å². The molecule has 1 heterocycles. The largest absolute Gasteiger partial charge is 0.355 e. The Labute approximate surface area is 225 Å². The van der Waals surface area contributed by atoms with Crippen LogP contribution in [0.4, 0.5) is 11.4 Å². The standard InChI is InChI=1S/C37H29N/c1-3-14-27(4-2)29-21-23-35-33(25-29)37(31-17-10-6-11-18-31,32-19-12-7-13-20-32)34-26-30(22-24-36(34)38-35)28-15-8-5-9-16-28/h3-26,38H,1-2H2/b27-14+. The van der Waals surface area contributed by atoms with Gasteiger partial charge in [-0.05, 0) is 68.8 Å². The Morgan fingerprint density at radius 2 is 1.13 bits per heavy atom. The lowest BCUT2D eigenvalue weighted by Crippen LogP contribution is -2.35. The molecular formula is C37H29N. The molecular weight excluding hydrogens is 458 g/mol. The van der Waals surface area contributed by atoms with Gasteiger partial charge in [-0.2, -0.15) is 0 Å². The zero-order chi connectivity index (χ0) is 26.0. The third-order valence-electron chi connectivity index (χ3n) is 7.49. The van der Waals surface area contributed by atoms with E-state index in [-0.39, 0.29) is 0 Å². The Kier molecular flexibility index (Phi) is 6.11. The van der Waals surface area contributed by atoms with Crippen molar-refractivity contribution in [3.05, 3.63) is 187 Å². The molecule has 0 unspecified atom stereocenters. The topological polar surface area (TPSA) is 12.0 Å². The molecule has 0 fully saturated rings. The fourth-order valence-electron chi connectivity index (χ4n) is 5.78. The average molecular weight is 488 g/mol. The maximum atomic E-state index is 4.07. The molecule has 0 bridgehead atoms. The van der Waals surface area contributed by atoms with Gasteiger partial charge in [-0.1, -0.05) is 135 Å². The third kappa shape index (κ3) is 3.81. The molecule has 0 amide bonds. The van der Waals surface area contributed by atoms with E-state index in [1.165, 1.54) is 33.4 Å². The van der Waals surface area contributed by atoms with E-state index < -0.39 is 5.41 Å². The van der Waals surface area contributed by atoms with Gasteiger partial charge in [0.05, 0.1) is 5.41 Å². The van der Waals surface area contributed by atoms with Crippen LogP contribution in [0, 0.1) is 0 Å². The SMILES string of the molecule is C=C/C=C(\C=C)c1ccc2c(c1)C(c1ccccc1)(c1ccccc1)c1cc(-c3ccccc3)ccc1N2. The van der Waals surface area contributed by atoms with Crippen molar-refractivity contribution in [2.75, 3.05) is 5.32 Å². The predicted molar refractivity (Wildman–Crippen MR) is 162 cm³/mol. The Hall–Kier alpha value is -4.88.